The minimum atomic E-state index is -0.0760. The topological polar surface area (TPSA) is 66.2 Å². The van der Waals surface area contributed by atoms with Gasteiger partial charge in [-0.2, -0.15) is 5.26 Å². The minimum absolute atomic E-state index is 0.0760. The zero-order valence-electron chi connectivity index (χ0n) is 13.6. The number of rotatable bonds is 4. The standard InChI is InChI=1S/C19H19N3O2/c1-14-3-2-4-15(9-14)11-19(23)22-8-6-17(13-22)24-18-10-16(12-20)5-7-21-18/h2-5,7,9-10,17H,6,8,11,13H2,1H3. The first-order chi connectivity index (χ1) is 11.6. The van der Waals surface area contributed by atoms with Crippen LogP contribution in [0.3, 0.4) is 0 Å². The SMILES string of the molecule is Cc1cccc(CC(=O)N2CCC(Oc3cc(C#N)ccn3)C2)c1. The summed E-state index contributed by atoms with van der Waals surface area (Å²) in [6.07, 6.45) is 2.67. The van der Waals surface area contributed by atoms with E-state index in [1.807, 2.05) is 36.1 Å². The van der Waals surface area contributed by atoms with E-state index in [1.165, 1.54) is 0 Å². The van der Waals surface area contributed by atoms with Gasteiger partial charge in [0, 0.05) is 25.2 Å². The zero-order valence-corrected chi connectivity index (χ0v) is 13.6. The molecular weight excluding hydrogens is 302 g/mol. The van der Waals surface area contributed by atoms with E-state index >= 15 is 0 Å². The molecule has 0 aliphatic carbocycles. The molecule has 3 rings (SSSR count). The molecule has 2 heterocycles. The van der Waals surface area contributed by atoms with E-state index in [0.29, 0.717) is 31.0 Å². The molecule has 0 radical (unpaired) electrons. The van der Waals surface area contributed by atoms with Crippen LogP contribution in [0.15, 0.2) is 42.6 Å². The third kappa shape index (κ3) is 3.90. The number of benzene rings is 1. The van der Waals surface area contributed by atoms with Gasteiger partial charge in [0.2, 0.25) is 11.8 Å². The number of likely N-dealkylation sites (tertiary alicyclic amines) is 1. The number of ether oxygens (including phenoxy) is 1. The molecular formula is C19H19N3O2. The minimum Gasteiger partial charge on any atom is -0.472 e. The van der Waals surface area contributed by atoms with Gasteiger partial charge in [0.25, 0.3) is 0 Å². The predicted molar refractivity (Wildman–Crippen MR) is 89.4 cm³/mol. The van der Waals surface area contributed by atoms with Gasteiger partial charge >= 0.3 is 0 Å². The average Bonchev–Trinajstić information content (AvgIpc) is 3.04. The van der Waals surface area contributed by atoms with Crippen molar-refractivity contribution in [3.8, 4) is 11.9 Å². The summed E-state index contributed by atoms with van der Waals surface area (Å²) >= 11 is 0. The molecule has 0 N–H and O–H groups in total. The Balaban J connectivity index is 1.56. The third-order valence-corrected chi connectivity index (χ3v) is 4.09. The van der Waals surface area contributed by atoms with Gasteiger partial charge in [-0.3, -0.25) is 4.79 Å². The maximum atomic E-state index is 12.4. The lowest BCUT2D eigenvalue weighted by Crippen LogP contribution is -2.32. The number of carbonyl (C=O) groups excluding carboxylic acids is 1. The number of nitrogens with zero attached hydrogens (tertiary/aromatic N) is 3. The van der Waals surface area contributed by atoms with Crippen molar-refractivity contribution in [2.24, 2.45) is 0 Å². The lowest BCUT2D eigenvalue weighted by atomic mass is 10.1. The summed E-state index contributed by atoms with van der Waals surface area (Å²) in [5.74, 6) is 0.553. The number of pyridine rings is 1. The van der Waals surface area contributed by atoms with Gasteiger partial charge < -0.3 is 9.64 Å². The van der Waals surface area contributed by atoms with Crippen molar-refractivity contribution in [2.45, 2.75) is 25.9 Å². The van der Waals surface area contributed by atoms with Crippen molar-refractivity contribution < 1.29 is 9.53 Å². The first-order valence-corrected chi connectivity index (χ1v) is 8.00. The second-order valence-corrected chi connectivity index (χ2v) is 6.03. The van der Waals surface area contributed by atoms with Crippen LogP contribution in [0.2, 0.25) is 0 Å². The van der Waals surface area contributed by atoms with E-state index < -0.39 is 0 Å². The molecule has 5 nitrogen and oxygen atoms in total. The number of aryl methyl sites for hydroxylation is 1. The Hall–Kier alpha value is -2.87. The highest BCUT2D eigenvalue weighted by Gasteiger charge is 2.27. The number of aromatic nitrogens is 1. The van der Waals surface area contributed by atoms with Crippen LogP contribution in [0.25, 0.3) is 0 Å². The summed E-state index contributed by atoms with van der Waals surface area (Å²) in [5.41, 5.74) is 2.71. The Morgan fingerprint density at radius 3 is 3.08 bits per heavy atom. The van der Waals surface area contributed by atoms with Crippen LogP contribution in [-0.4, -0.2) is 35.0 Å². The second kappa shape index (κ2) is 7.14. The Kier molecular flexibility index (Phi) is 4.76. The normalized spacial score (nSPS) is 16.7. The van der Waals surface area contributed by atoms with Crippen molar-refractivity contribution in [2.75, 3.05) is 13.1 Å². The molecule has 2 aromatic rings. The Labute approximate surface area is 141 Å². The fourth-order valence-corrected chi connectivity index (χ4v) is 2.87. The molecule has 0 spiro atoms. The first kappa shape index (κ1) is 16.0. The fourth-order valence-electron chi connectivity index (χ4n) is 2.87. The number of hydrogen-bond donors (Lipinski definition) is 0. The molecule has 1 atom stereocenters. The van der Waals surface area contributed by atoms with Crippen molar-refractivity contribution in [1.29, 1.82) is 5.26 Å². The molecule has 1 aliphatic rings. The van der Waals surface area contributed by atoms with E-state index in [4.69, 9.17) is 10.00 Å². The van der Waals surface area contributed by atoms with E-state index in [1.54, 1.807) is 18.3 Å². The van der Waals surface area contributed by atoms with Crippen molar-refractivity contribution >= 4 is 5.91 Å². The molecule has 1 aromatic heterocycles. The predicted octanol–water partition coefficient (Wildman–Crippen LogP) is 2.48. The van der Waals surface area contributed by atoms with Gasteiger partial charge in [-0.1, -0.05) is 29.8 Å². The van der Waals surface area contributed by atoms with Gasteiger partial charge in [0.1, 0.15) is 6.10 Å². The Bertz CT molecular complexity index is 782. The van der Waals surface area contributed by atoms with Crippen molar-refractivity contribution in [1.82, 2.24) is 9.88 Å². The average molecular weight is 321 g/mol. The van der Waals surface area contributed by atoms with Crippen molar-refractivity contribution in [3.63, 3.8) is 0 Å². The highest BCUT2D eigenvalue weighted by molar-refractivity contribution is 5.79. The number of carbonyl (C=O) groups is 1. The molecule has 24 heavy (non-hydrogen) atoms. The van der Waals surface area contributed by atoms with Crippen LogP contribution < -0.4 is 4.74 Å². The molecule has 1 unspecified atom stereocenters. The van der Waals surface area contributed by atoms with Gasteiger partial charge in [0.05, 0.1) is 24.6 Å². The zero-order chi connectivity index (χ0) is 16.9. The summed E-state index contributed by atoms with van der Waals surface area (Å²) in [7, 11) is 0. The Morgan fingerprint density at radius 2 is 2.29 bits per heavy atom. The van der Waals surface area contributed by atoms with Crippen LogP contribution in [0.1, 0.15) is 23.1 Å². The highest BCUT2D eigenvalue weighted by atomic mass is 16.5. The van der Waals surface area contributed by atoms with Crippen LogP contribution in [0.5, 0.6) is 5.88 Å². The molecule has 5 heteroatoms. The Morgan fingerprint density at radius 1 is 1.42 bits per heavy atom. The maximum absolute atomic E-state index is 12.4. The van der Waals surface area contributed by atoms with Crippen LogP contribution in [-0.2, 0) is 11.2 Å². The number of amides is 1. The summed E-state index contributed by atoms with van der Waals surface area (Å²) in [5, 5.41) is 8.91. The van der Waals surface area contributed by atoms with Crippen molar-refractivity contribution in [3.05, 3.63) is 59.3 Å². The smallest absolute Gasteiger partial charge is 0.227 e. The fraction of sp³-hybridized carbons (Fsp3) is 0.316. The molecule has 0 saturated carbocycles. The van der Waals surface area contributed by atoms with Gasteiger partial charge in [0.15, 0.2) is 0 Å². The van der Waals surface area contributed by atoms with Gasteiger partial charge in [-0.15, -0.1) is 0 Å². The number of nitriles is 1. The van der Waals surface area contributed by atoms with Crippen LogP contribution in [0.4, 0.5) is 0 Å². The molecule has 0 bridgehead atoms. The highest BCUT2D eigenvalue weighted by Crippen LogP contribution is 2.18. The molecule has 1 saturated heterocycles. The lowest BCUT2D eigenvalue weighted by Gasteiger charge is -2.17. The van der Waals surface area contributed by atoms with Gasteiger partial charge in [-0.25, -0.2) is 4.98 Å². The lowest BCUT2D eigenvalue weighted by molar-refractivity contribution is -0.129. The quantitative estimate of drug-likeness (QED) is 0.868. The second-order valence-electron chi connectivity index (χ2n) is 6.03. The molecule has 122 valence electrons. The van der Waals surface area contributed by atoms with E-state index in [0.717, 1.165) is 17.5 Å². The van der Waals surface area contributed by atoms with E-state index in [-0.39, 0.29) is 12.0 Å². The summed E-state index contributed by atoms with van der Waals surface area (Å²) in [6, 6.07) is 13.3. The summed E-state index contributed by atoms with van der Waals surface area (Å²) < 4.78 is 5.81. The van der Waals surface area contributed by atoms with Crippen LogP contribution in [0, 0.1) is 18.3 Å². The molecule has 1 fully saturated rings. The van der Waals surface area contributed by atoms with Gasteiger partial charge in [-0.05, 0) is 18.6 Å². The molecule has 1 aliphatic heterocycles. The molecule has 1 amide bonds. The van der Waals surface area contributed by atoms with E-state index in [2.05, 4.69) is 11.1 Å². The third-order valence-electron chi connectivity index (χ3n) is 4.09. The monoisotopic (exact) mass is 321 g/mol. The largest absolute Gasteiger partial charge is 0.472 e. The summed E-state index contributed by atoms with van der Waals surface area (Å²) in [4.78, 5) is 18.4. The maximum Gasteiger partial charge on any atom is 0.227 e. The molecule has 1 aromatic carbocycles. The van der Waals surface area contributed by atoms with Crippen LogP contribution >= 0.6 is 0 Å². The van der Waals surface area contributed by atoms with E-state index in [9.17, 15) is 4.79 Å². The first-order valence-electron chi connectivity index (χ1n) is 8.00. The summed E-state index contributed by atoms with van der Waals surface area (Å²) in [6.45, 7) is 3.27. The number of hydrogen-bond acceptors (Lipinski definition) is 4.